The molecule has 1 aliphatic heterocycles. The SMILES string of the molecule is Cc1oc2c(c1C(=O)N1CCCO[C@H](Cn3cccn3)C1)C(=O)CCC2. The van der Waals surface area contributed by atoms with Crippen molar-refractivity contribution in [3.05, 3.63) is 41.1 Å². The second kappa shape index (κ2) is 7.07. The number of amides is 1. The van der Waals surface area contributed by atoms with E-state index in [-0.39, 0.29) is 17.8 Å². The number of ketones is 1. The Morgan fingerprint density at radius 3 is 3.04 bits per heavy atom. The highest BCUT2D eigenvalue weighted by Crippen LogP contribution is 2.30. The van der Waals surface area contributed by atoms with Crippen LogP contribution in [0.2, 0.25) is 0 Å². The third-order valence-corrected chi connectivity index (χ3v) is 5.04. The molecule has 2 aromatic rings. The Balaban J connectivity index is 1.57. The van der Waals surface area contributed by atoms with Crippen LogP contribution < -0.4 is 0 Å². The number of aryl methyl sites for hydroxylation is 2. The molecule has 1 fully saturated rings. The molecule has 0 bridgehead atoms. The van der Waals surface area contributed by atoms with Crippen molar-refractivity contribution in [2.24, 2.45) is 0 Å². The minimum absolute atomic E-state index is 0.0191. The van der Waals surface area contributed by atoms with Crippen molar-refractivity contribution in [2.45, 2.75) is 45.3 Å². The van der Waals surface area contributed by atoms with Crippen LogP contribution in [0.25, 0.3) is 0 Å². The summed E-state index contributed by atoms with van der Waals surface area (Å²) in [6.45, 7) is 4.07. The van der Waals surface area contributed by atoms with Gasteiger partial charge in [0.25, 0.3) is 5.91 Å². The molecule has 138 valence electrons. The number of Topliss-reactive ketones (excluding diaryl/α,β-unsaturated/α-hetero) is 1. The smallest absolute Gasteiger partial charge is 0.258 e. The molecular weight excluding hydrogens is 334 g/mol. The van der Waals surface area contributed by atoms with Crippen molar-refractivity contribution in [2.75, 3.05) is 19.7 Å². The summed E-state index contributed by atoms with van der Waals surface area (Å²) < 4.78 is 13.5. The molecule has 7 heteroatoms. The first-order chi connectivity index (χ1) is 12.6. The molecule has 0 aromatic carbocycles. The molecule has 0 unspecified atom stereocenters. The largest absolute Gasteiger partial charge is 0.465 e. The van der Waals surface area contributed by atoms with E-state index in [9.17, 15) is 9.59 Å². The average Bonchev–Trinajstić information content (AvgIpc) is 3.17. The number of carbonyl (C=O) groups is 2. The van der Waals surface area contributed by atoms with Crippen LogP contribution in [0.5, 0.6) is 0 Å². The first kappa shape index (κ1) is 17.0. The Morgan fingerprint density at radius 2 is 2.23 bits per heavy atom. The number of aromatic nitrogens is 2. The molecule has 0 spiro atoms. The van der Waals surface area contributed by atoms with E-state index in [1.54, 1.807) is 18.0 Å². The van der Waals surface area contributed by atoms with Crippen molar-refractivity contribution >= 4 is 11.7 Å². The van der Waals surface area contributed by atoms with Gasteiger partial charge in [-0.25, -0.2) is 0 Å². The van der Waals surface area contributed by atoms with Gasteiger partial charge in [0.2, 0.25) is 0 Å². The van der Waals surface area contributed by atoms with Crippen LogP contribution in [0.3, 0.4) is 0 Å². The monoisotopic (exact) mass is 357 g/mol. The highest BCUT2D eigenvalue weighted by Gasteiger charge is 2.33. The van der Waals surface area contributed by atoms with Crippen LogP contribution in [0.4, 0.5) is 0 Å². The molecule has 0 radical (unpaired) electrons. The number of ether oxygens (including phenoxy) is 1. The fourth-order valence-corrected chi connectivity index (χ4v) is 3.83. The van der Waals surface area contributed by atoms with Crippen LogP contribution in [0, 0.1) is 6.92 Å². The van der Waals surface area contributed by atoms with E-state index in [1.807, 2.05) is 16.9 Å². The standard InChI is InChI=1S/C19H23N3O4/c1-13-17(18-15(23)5-2-6-16(18)26-13)19(24)21-8-4-10-25-14(11-21)12-22-9-3-7-20-22/h3,7,9,14H,2,4-6,8,10-12H2,1H3/t14-/m0/s1. The highest BCUT2D eigenvalue weighted by molar-refractivity contribution is 6.10. The predicted octanol–water partition coefficient (Wildman–Crippen LogP) is 2.23. The zero-order valence-electron chi connectivity index (χ0n) is 14.9. The number of furan rings is 1. The van der Waals surface area contributed by atoms with E-state index in [4.69, 9.17) is 9.15 Å². The summed E-state index contributed by atoms with van der Waals surface area (Å²) in [7, 11) is 0. The molecule has 1 saturated heterocycles. The topological polar surface area (TPSA) is 77.6 Å². The van der Waals surface area contributed by atoms with Gasteiger partial charge in [0, 0.05) is 44.9 Å². The summed E-state index contributed by atoms with van der Waals surface area (Å²) in [4.78, 5) is 27.4. The summed E-state index contributed by atoms with van der Waals surface area (Å²) in [5.74, 6) is 1.11. The number of fused-ring (bicyclic) bond motifs is 1. The lowest BCUT2D eigenvalue weighted by Crippen LogP contribution is -2.39. The van der Waals surface area contributed by atoms with Gasteiger partial charge >= 0.3 is 0 Å². The van der Waals surface area contributed by atoms with Gasteiger partial charge in [-0.2, -0.15) is 5.10 Å². The average molecular weight is 357 g/mol. The van der Waals surface area contributed by atoms with E-state index in [0.29, 0.717) is 55.3 Å². The maximum absolute atomic E-state index is 13.2. The number of rotatable bonds is 3. The highest BCUT2D eigenvalue weighted by atomic mass is 16.5. The van der Waals surface area contributed by atoms with Gasteiger partial charge in [-0.3, -0.25) is 14.3 Å². The van der Waals surface area contributed by atoms with E-state index in [0.717, 1.165) is 19.3 Å². The molecule has 1 amide bonds. The van der Waals surface area contributed by atoms with Crippen molar-refractivity contribution in [3.63, 3.8) is 0 Å². The molecule has 2 aliphatic rings. The number of hydrogen-bond acceptors (Lipinski definition) is 5. The van der Waals surface area contributed by atoms with Crippen LogP contribution in [0.15, 0.2) is 22.9 Å². The maximum atomic E-state index is 13.2. The molecule has 26 heavy (non-hydrogen) atoms. The first-order valence-electron chi connectivity index (χ1n) is 9.17. The van der Waals surface area contributed by atoms with Gasteiger partial charge in [0.1, 0.15) is 11.5 Å². The minimum atomic E-state index is -0.126. The fourth-order valence-electron chi connectivity index (χ4n) is 3.83. The second-order valence-electron chi connectivity index (χ2n) is 6.93. The molecule has 1 aliphatic carbocycles. The summed E-state index contributed by atoms with van der Waals surface area (Å²) in [5.41, 5.74) is 0.956. The summed E-state index contributed by atoms with van der Waals surface area (Å²) in [6, 6.07) is 1.87. The predicted molar refractivity (Wildman–Crippen MR) is 93.2 cm³/mol. The Hall–Kier alpha value is -2.41. The van der Waals surface area contributed by atoms with E-state index in [1.165, 1.54) is 0 Å². The summed E-state index contributed by atoms with van der Waals surface area (Å²) in [6.07, 6.45) is 6.25. The molecule has 0 N–H and O–H groups in total. The van der Waals surface area contributed by atoms with Gasteiger partial charge in [-0.05, 0) is 25.8 Å². The Morgan fingerprint density at radius 1 is 1.35 bits per heavy atom. The van der Waals surface area contributed by atoms with Gasteiger partial charge in [-0.1, -0.05) is 0 Å². The lowest BCUT2D eigenvalue weighted by atomic mass is 9.93. The zero-order valence-corrected chi connectivity index (χ0v) is 14.9. The minimum Gasteiger partial charge on any atom is -0.465 e. The zero-order chi connectivity index (χ0) is 18.1. The fraction of sp³-hybridized carbons (Fsp3) is 0.526. The summed E-state index contributed by atoms with van der Waals surface area (Å²) >= 11 is 0. The Kier molecular flexibility index (Phi) is 4.63. The van der Waals surface area contributed by atoms with Gasteiger partial charge in [0.15, 0.2) is 5.78 Å². The van der Waals surface area contributed by atoms with Gasteiger partial charge < -0.3 is 14.1 Å². The van der Waals surface area contributed by atoms with Crippen LogP contribution in [-0.4, -0.2) is 52.2 Å². The van der Waals surface area contributed by atoms with Crippen LogP contribution >= 0.6 is 0 Å². The van der Waals surface area contributed by atoms with Crippen molar-refractivity contribution in [3.8, 4) is 0 Å². The molecule has 0 saturated carbocycles. The third-order valence-electron chi connectivity index (χ3n) is 5.04. The van der Waals surface area contributed by atoms with Crippen LogP contribution in [-0.2, 0) is 17.7 Å². The molecule has 2 aromatic heterocycles. The number of nitrogens with zero attached hydrogens (tertiary/aromatic N) is 3. The van der Waals surface area contributed by atoms with E-state index < -0.39 is 0 Å². The Labute approximate surface area is 151 Å². The third kappa shape index (κ3) is 3.19. The van der Waals surface area contributed by atoms with Gasteiger partial charge in [0.05, 0.1) is 23.8 Å². The molecular formula is C19H23N3O4. The second-order valence-corrected chi connectivity index (χ2v) is 6.93. The maximum Gasteiger partial charge on any atom is 0.258 e. The summed E-state index contributed by atoms with van der Waals surface area (Å²) in [5, 5.41) is 4.22. The lowest BCUT2D eigenvalue weighted by molar-refractivity contribution is 0.0366. The van der Waals surface area contributed by atoms with Crippen molar-refractivity contribution in [1.82, 2.24) is 14.7 Å². The first-order valence-corrected chi connectivity index (χ1v) is 9.17. The lowest BCUT2D eigenvalue weighted by Gasteiger charge is -2.24. The van der Waals surface area contributed by atoms with Crippen molar-refractivity contribution in [1.29, 1.82) is 0 Å². The Bertz CT molecular complexity index is 809. The molecule has 7 nitrogen and oxygen atoms in total. The molecule has 4 rings (SSSR count). The van der Waals surface area contributed by atoms with E-state index >= 15 is 0 Å². The number of carbonyl (C=O) groups excluding carboxylic acids is 2. The van der Waals surface area contributed by atoms with E-state index in [2.05, 4.69) is 5.10 Å². The number of hydrogen-bond donors (Lipinski definition) is 0. The van der Waals surface area contributed by atoms with Crippen molar-refractivity contribution < 1.29 is 18.7 Å². The molecule has 3 heterocycles. The normalized spacial score (nSPS) is 20.7. The van der Waals surface area contributed by atoms with Gasteiger partial charge in [-0.15, -0.1) is 0 Å². The quantitative estimate of drug-likeness (QED) is 0.842. The molecule has 1 atom stereocenters. The van der Waals surface area contributed by atoms with Crippen LogP contribution in [0.1, 0.15) is 51.5 Å².